The Balaban J connectivity index is 2.17. The minimum Gasteiger partial charge on any atom is -0.457 e. The number of esters is 1. The van der Waals surface area contributed by atoms with E-state index >= 15 is 0 Å². The van der Waals surface area contributed by atoms with Crippen molar-refractivity contribution >= 4 is 11.8 Å². The number of benzene rings is 1. The van der Waals surface area contributed by atoms with E-state index in [0.29, 0.717) is 0 Å². The molecule has 1 N–H and O–H groups in total. The molecule has 0 fully saturated rings. The molecule has 0 atom stereocenters. The van der Waals surface area contributed by atoms with Crippen LogP contribution in [0, 0.1) is 0 Å². The number of hydrogen-bond acceptors (Lipinski definition) is 5. The van der Waals surface area contributed by atoms with E-state index in [0.717, 1.165) is 5.56 Å². The predicted molar refractivity (Wildman–Crippen MR) is 74.6 cm³/mol. The molecule has 0 bridgehead atoms. The summed E-state index contributed by atoms with van der Waals surface area (Å²) in [6, 6.07) is 9.36. The molecule has 20 heavy (non-hydrogen) atoms. The third-order valence-electron chi connectivity index (χ3n) is 2.76. The molecule has 0 radical (unpaired) electrons. The minimum absolute atomic E-state index is 0.172. The summed E-state index contributed by atoms with van der Waals surface area (Å²) >= 11 is 0. The van der Waals surface area contributed by atoms with Crippen molar-refractivity contribution in [2.45, 2.75) is 6.61 Å². The first-order chi connectivity index (χ1) is 9.61. The van der Waals surface area contributed by atoms with E-state index in [9.17, 15) is 9.59 Å². The maximum Gasteiger partial charge on any atom is 0.349 e. The average Bonchev–Trinajstić information content (AvgIpc) is 2.48. The van der Waals surface area contributed by atoms with Crippen molar-refractivity contribution in [1.82, 2.24) is 9.55 Å². The summed E-state index contributed by atoms with van der Waals surface area (Å²) < 4.78 is 6.45. The van der Waals surface area contributed by atoms with E-state index in [1.807, 2.05) is 30.3 Å². The first kappa shape index (κ1) is 13.8. The summed E-state index contributed by atoms with van der Waals surface area (Å²) in [5.41, 5.74) is 0.684. The van der Waals surface area contributed by atoms with Crippen LogP contribution in [0.15, 0.2) is 41.3 Å². The van der Waals surface area contributed by atoms with Gasteiger partial charge >= 0.3 is 11.7 Å². The molecule has 6 heteroatoms. The summed E-state index contributed by atoms with van der Waals surface area (Å²) in [6.45, 7) is 0.172. The highest BCUT2D eigenvalue weighted by Gasteiger charge is 2.15. The molecule has 2 aromatic rings. The van der Waals surface area contributed by atoms with Crippen LogP contribution in [0.4, 0.5) is 5.82 Å². The summed E-state index contributed by atoms with van der Waals surface area (Å²) in [5.74, 6) is -0.313. The molecule has 0 amide bonds. The molecule has 0 spiro atoms. The Morgan fingerprint density at radius 3 is 2.70 bits per heavy atom. The quantitative estimate of drug-likeness (QED) is 0.847. The van der Waals surface area contributed by atoms with Crippen molar-refractivity contribution < 1.29 is 9.53 Å². The van der Waals surface area contributed by atoms with Crippen LogP contribution in [-0.2, 0) is 18.4 Å². The van der Waals surface area contributed by atoms with Crippen LogP contribution >= 0.6 is 0 Å². The van der Waals surface area contributed by atoms with Gasteiger partial charge in [0.1, 0.15) is 18.0 Å². The lowest BCUT2D eigenvalue weighted by atomic mass is 10.2. The molecule has 0 saturated carbocycles. The fourth-order valence-electron chi connectivity index (χ4n) is 1.69. The lowest BCUT2D eigenvalue weighted by Gasteiger charge is -2.09. The Hall–Kier alpha value is -2.63. The van der Waals surface area contributed by atoms with Crippen LogP contribution in [0.2, 0.25) is 0 Å². The standard InChI is InChI=1S/C14H15N3O3/c1-15-12-11(8-17(2)14(19)16-12)13(18)20-9-10-6-4-3-5-7-10/h3-8H,9H2,1-2H3,(H,15,16,19). The molecule has 1 aromatic carbocycles. The zero-order valence-electron chi connectivity index (χ0n) is 11.3. The van der Waals surface area contributed by atoms with Crippen molar-refractivity contribution in [2.75, 3.05) is 12.4 Å². The Morgan fingerprint density at radius 2 is 2.05 bits per heavy atom. The number of carbonyl (C=O) groups excluding carboxylic acids is 1. The average molecular weight is 273 g/mol. The van der Waals surface area contributed by atoms with E-state index < -0.39 is 11.7 Å². The van der Waals surface area contributed by atoms with Crippen LogP contribution < -0.4 is 11.0 Å². The fourth-order valence-corrected chi connectivity index (χ4v) is 1.69. The molecular weight excluding hydrogens is 258 g/mol. The molecule has 0 aliphatic heterocycles. The highest BCUT2D eigenvalue weighted by molar-refractivity contribution is 5.94. The van der Waals surface area contributed by atoms with Crippen LogP contribution in [0.1, 0.15) is 15.9 Å². The summed E-state index contributed by atoms with van der Waals surface area (Å²) in [4.78, 5) is 27.2. The van der Waals surface area contributed by atoms with Gasteiger partial charge in [-0.15, -0.1) is 0 Å². The lowest BCUT2D eigenvalue weighted by Crippen LogP contribution is -2.24. The number of aryl methyl sites for hydroxylation is 1. The zero-order chi connectivity index (χ0) is 14.5. The van der Waals surface area contributed by atoms with E-state index in [1.165, 1.54) is 17.8 Å². The van der Waals surface area contributed by atoms with Crippen LogP contribution in [-0.4, -0.2) is 22.6 Å². The number of hydrogen-bond donors (Lipinski definition) is 1. The summed E-state index contributed by atoms with van der Waals surface area (Å²) in [5, 5.41) is 2.72. The Morgan fingerprint density at radius 1 is 1.35 bits per heavy atom. The number of aromatic nitrogens is 2. The monoisotopic (exact) mass is 273 g/mol. The molecule has 104 valence electrons. The van der Waals surface area contributed by atoms with Crippen LogP contribution in [0.25, 0.3) is 0 Å². The van der Waals surface area contributed by atoms with Gasteiger partial charge < -0.3 is 14.6 Å². The molecule has 6 nitrogen and oxygen atoms in total. The third-order valence-corrected chi connectivity index (χ3v) is 2.76. The van der Waals surface area contributed by atoms with Gasteiger partial charge in [-0.3, -0.25) is 0 Å². The van der Waals surface area contributed by atoms with Crippen molar-refractivity contribution in [1.29, 1.82) is 0 Å². The van der Waals surface area contributed by atoms with Gasteiger partial charge in [0, 0.05) is 20.3 Å². The van der Waals surface area contributed by atoms with Crippen LogP contribution in [0.5, 0.6) is 0 Å². The second-order valence-electron chi connectivity index (χ2n) is 4.21. The normalized spacial score (nSPS) is 10.1. The number of ether oxygens (including phenoxy) is 1. The maximum absolute atomic E-state index is 12.0. The van der Waals surface area contributed by atoms with Gasteiger partial charge in [-0.25, -0.2) is 9.59 Å². The molecule has 1 heterocycles. The van der Waals surface area contributed by atoms with Gasteiger partial charge in [0.15, 0.2) is 0 Å². The second-order valence-corrected chi connectivity index (χ2v) is 4.21. The van der Waals surface area contributed by atoms with Gasteiger partial charge in [0.05, 0.1) is 0 Å². The fraction of sp³-hybridized carbons (Fsp3) is 0.214. The third kappa shape index (κ3) is 3.03. The lowest BCUT2D eigenvalue weighted by molar-refractivity contribution is 0.0472. The number of carbonyl (C=O) groups is 1. The zero-order valence-corrected chi connectivity index (χ0v) is 11.3. The van der Waals surface area contributed by atoms with E-state index in [2.05, 4.69) is 10.3 Å². The van der Waals surface area contributed by atoms with E-state index in [-0.39, 0.29) is 18.0 Å². The Bertz CT molecular complexity index is 665. The minimum atomic E-state index is -0.527. The van der Waals surface area contributed by atoms with Gasteiger partial charge in [0.2, 0.25) is 0 Å². The first-order valence-electron chi connectivity index (χ1n) is 6.08. The highest BCUT2D eigenvalue weighted by atomic mass is 16.5. The second kappa shape index (κ2) is 6.01. The smallest absolute Gasteiger partial charge is 0.349 e. The van der Waals surface area contributed by atoms with Gasteiger partial charge in [-0.2, -0.15) is 4.98 Å². The topological polar surface area (TPSA) is 73.2 Å². The van der Waals surface area contributed by atoms with Crippen molar-refractivity contribution in [3.05, 3.63) is 58.1 Å². The molecule has 0 aliphatic carbocycles. The SMILES string of the molecule is CNc1nc(=O)n(C)cc1C(=O)OCc1ccccc1. The number of nitrogens with zero attached hydrogens (tertiary/aromatic N) is 2. The highest BCUT2D eigenvalue weighted by Crippen LogP contribution is 2.11. The molecule has 0 aliphatic rings. The molecule has 0 unspecified atom stereocenters. The Labute approximate surface area is 116 Å². The molecule has 1 aromatic heterocycles. The molecule has 2 rings (SSSR count). The number of nitrogens with one attached hydrogen (secondary N) is 1. The van der Waals surface area contributed by atoms with Crippen molar-refractivity contribution in [2.24, 2.45) is 7.05 Å². The van der Waals surface area contributed by atoms with Crippen molar-refractivity contribution in [3.63, 3.8) is 0 Å². The van der Waals surface area contributed by atoms with E-state index in [1.54, 1.807) is 7.05 Å². The Kier molecular flexibility index (Phi) is 4.14. The number of rotatable bonds is 4. The molecule has 0 saturated heterocycles. The van der Waals surface area contributed by atoms with Gasteiger partial charge in [0.25, 0.3) is 0 Å². The summed E-state index contributed by atoms with van der Waals surface area (Å²) in [6.07, 6.45) is 1.41. The van der Waals surface area contributed by atoms with Crippen LogP contribution in [0.3, 0.4) is 0 Å². The first-order valence-corrected chi connectivity index (χ1v) is 6.08. The summed E-state index contributed by atoms with van der Waals surface area (Å²) in [7, 11) is 3.12. The molecular formula is C14H15N3O3. The maximum atomic E-state index is 12.0. The number of anilines is 1. The largest absolute Gasteiger partial charge is 0.457 e. The van der Waals surface area contributed by atoms with Crippen molar-refractivity contribution in [3.8, 4) is 0 Å². The van der Waals surface area contributed by atoms with Gasteiger partial charge in [-0.1, -0.05) is 30.3 Å². The van der Waals surface area contributed by atoms with E-state index in [4.69, 9.17) is 4.74 Å². The predicted octanol–water partition coefficient (Wildman–Crippen LogP) is 1.18. The van der Waals surface area contributed by atoms with Gasteiger partial charge in [-0.05, 0) is 5.56 Å².